The normalized spacial score (nSPS) is 14.6. The summed E-state index contributed by atoms with van der Waals surface area (Å²) >= 11 is 1.38. The van der Waals surface area contributed by atoms with Gasteiger partial charge in [-0.05, 0) is 31.9 Å². The number of benzene rings is 1. The van der Waals surface area contributed by atoms with Gasteiger partial charge in [-0.2, -0.15) is 0 Å². The van der Waals surface area contributed by atoms with Crippen LogP contribution in [0.5, 0.6) is 0 Å². The Bertz CT molecular complexity index is 619. The van der Waals surface area contributed by atoms with Gasteiger partial charge in [0, 0.05) is 18.8 Å². The number of anilines is 2. The van der Waals surface area contributed by atoms with Gasteiger partial charge in [-0.25, -0.2) is 0 Å². The number of aryl methyl sites for hydroxylation is 1. The van der Waals surface area contributed by atoms with Gasteiger partial charge >= 0.3 is 0 Å². The van der Waals surface area contributed by atoms with Gasteiger partial charge in [-0.15, -0.1) is 10.2 Å². The van der Waals surface area contributed by atoms with Gasteiger partial charge in [0.15, 0.2) is 0 Å². The van der Waals surface area contributed by atoms with E-state index in [0.29, 0.717) is 10.7 Å². The number of carbonyl (C=O) groups is 1. The van der Waals surface area contributed by atoms with Crippen LogP contribution in [-0.2, 0) is 0 Å². The number of hydrogen-bond donors (Lipinski definition) is 1. The first-order chi connectivity index (χ1) is 9.74. The molecule has 1 fully saturated rings. The highest BCUT2D eigenvalue weighted by atomic mass is 32.1. The molecule has 0 spiro atoms. The van der Waals surface area contributed by atoms with Crippen LogP contribution in [0.1, 0.15) is 28.2 Å². The second-order valence-corrected chi connectivity index (χ2v) is 5.97. The van der Waals surface area contributed by atoms with E-state index in [1.807, 2.05) is 31.2 Å². The summed E-state index contributed by atoms with van der Waals surface area (Å²) in [6, 6.07) is 7.72. The SMILES string of the molecule is Cc1nnc(NC(=O)c2ccccc2N2CCCC2)s1. The molecule has 104 valence electrons. The molecule has 0 unspecified atom stereocenters. The van der Waals surface area contributed by atoms with Crippen LogP contribution in [0.3, 0.4) is 0 Å². The Balaban J connectivity index is 1.83. The molecule has 6 heteroatoms. The first-order valence-electron chi connectivity index (χ1n) is 6.69. The van der Waals surface area contributed by atoms with Crippen LogP contribution in [-0.4, -0.2) is 29.2 Å². The predicted molar refractivity (Wildman–Crippen MR) is 80.5 cm³/mol. The first kappa shape index (κ1) is 13.1. The van der Waals surface area contributed by atoms with Crippen molar-refractivity contribution in [3.05, 3.63) is 34.8 Å². The van der Waals surface area contributed by atoms with Crippen LogP contribution in [0.4, 0.5) is 10.8 Å². The lowest BCUT2D eigenvalue weighted by molar-refractivity contribution is 0.102. The number of aromatic nitrogens is 2. The molecule has 0 atom stereocenters. The zero-order valence-corrected chi connectivity index (χ0v) is 12.1. The molecular weight excluding hydrogens is 272 g/mol. The van der Waals surface area contributed by atoms with Gasteiger partial charge < -0.3 is 4.90 Å². The summed E-state index contributed by atoms with van der Waals surface area (Å²) in [7, 11) is 0. The number of hydrogen-bond acceptors (Lipinski definition) is 5. The summed E-state index contributed by atoms with van der Waals surface area (Å²) in [5.41, 5.74) is 1.70. The summed E-state index contributed by atoms with van der Waals surface area (Å²) in [6.45, 7) is 3.90. The zero-order valence-electron chi connectivity index (χ0n) is 11.3. The zero-order chi connectivity index (χ0) is 13.9. The molecule has 1 aromatic heterocycles. The number of rotatable bonds is 3. The van der Waals surface area contributed by atoms with Crippen molar-refractivity contribution in [3.8, 4) is 0 Å². The Hall–Kier alpha value is -1.95. The molecular formula is C14H16N4OS. The molecule has 1 aliphatic heterocycles. The van der Waals surface area contributed by atoms with Gasteiger partial charge in [0.05, 0.1) is 5.56 Å². The van der Waals surface area contributed by atoms with E-state index in [9.17, 15) is 4.79 Å². The summed E-state index contributed by atoms with van der Waals surface area (Å²) in [5, 5.41) is 12.0. The molecule has 2 aromatic rings. The molecule has 20 heavy (non-hydrogen) atoms. The largest absolute Gasteiger partial charge is 0.371 e. The van der Waals surface area contributed by atoms with E-state index in [4.69, 9.17) is 0 Å². The Kier molecular flexibility index (Phi) is 3.64. The molecule has 1 aromatic carbocycles. The lowest BCUT2D eigenvalue weighted by Gasteiger charge is -2.20. The van der Waals surface area contributed by atoms with Crippen molar-refractivity contribution in [2.75, 3.05) is 23.3 Å². The second kappa shape index (κ2) is 5.58. The maximum Gasteiger partial charge on any atom is 0.259 e. The molecule has 1 amide bonds. The third kappa shape index (κ3) is 2.65. The van der Waals surface area contributed by atoms with Crippen molar-refractivity contribution < 1.29 is 4.79 Å². The second-order valence-electron chi connectivity index (χ2n) is 4.79. The average molecular weight is 288 g/mol. The molecule has 1 saturated heterocycles. The minimum absolute atomic E-state index is 0.122. The van der Waals surface area contributed by atoms with Crippen molar-refractivity contribution in [3.63, 3.8) is 0 Å². The summed E-state index contributed by atoms with van der Waals surface area (Å²) < 4.78 is 0. The maximum atomic E-state index is 12.4. The van der Waals surface area contributed by atoms with Crippen LogP contribution in [0.15, 0.2) is 24.3 Å². The standard InChI is InChI=1S/C14H16N4OS/c1-10-16-17-14(20-10)15-13(19)11-6-2-3-7-12(11)18-8-4-5-9-18/h2-3,6-7H,4-5,8-9H2,1H3,(H,15,17,19). The Morgan fingerprint density at radius 1 is 1.25 bits per heavy atom. The molecule has 0 aliphatic carbocycles. The van der Waals surface area contributed by atoms with E-state index in [-0.39, 0.29) is 5.91 Å². The fraction of sp³-hybridized carbons (Fsp3) is 0.357. The third-order valence-corrected chi connectivity index (χ3v) is 4.10. The minimum atomic E-state index is -0.122. The minimum Gasteiger partial charge on any atom is -0.371 e. The molecule has 2 heterocycles. The topological polar surface area (TPSA) is 58.1 Å². The van der Waals surface area contributed by atoms with Crippen LogP contribution in [0.2, 0.25) is 0 Å². The Morgan fingerprint density at radius 2 is 2.00 bits per heavy atom. The lowest BCUT2D eigenvalue weighted by atomic mass is 10.1. The number of nitrogens with one attached hydrogen (secondary N) is 1. The molecule has 0 radical (unpaired) electrons. The third-order valence-electron chi connectivity index (χ3n) is 3.34. The number of para-hydroxylation sites is 1. The Morgan fingerprint density at radius 3 is 2.70 bits per heavy atom. The van der Waals surface area contributed by atoms with Gasteiger partial charge in [-0.3, -0.25) is 10.1 Å². The van der Waals surface area contributed by atoms with Gasteiger partial charge in [0.1, 0.15) is 5.01 Å². The molecule has 1 N–H and O–H groups in total. The van der Waals surface area contributed by atoms with Crippen LogP contribution in [0, 0.1) is 6.92 Å². The molecule has 1 aliphatic rings. The maximum absolute atomic E-state index is 12.4. The summed E-state index contributed by atoms with van der Waals surface area (Å²) in [4.78, 5) is 14.7. The quantitative estimate of drug-likeness (QED) is 0.943. The van der Waals surface area contributed by atoms with Gasteiger partial charge in [-0.1, -0.05) is 23.5 Å². The number of carbonyl (C=O) groups excluding carboxylic acids is 1. The van der Waals surface area contributed by atoms with E-state index in [1.54, 1.807) is 0 Å². The molecule has 0 saturated carbocycles. The number of amides is 1. The highest BCUT2D eigenvalue weighted by Gasteiger charge is 2.19. The van der Waals surface area contributed by atoms with Crippen molar-refractivity contribution in [2.45, 2.75) is 19.8 Å². The van der Waals surface area contributed by atoms with Crippen LogP contribution in [0.25, 0.3) is 0 Å². The van der Waals surface area contributed by atoms with Crippen molar-refractivity contribution in [1.29, 1.82) is 0 Å². The van der Waals surface area contributed by atoms with Crippen molar-refractivity contribution in [1.82, 2.24) is 10.2 Å². The highest BCUT2D eigenvalue weighted by molar-refractivity contribution is 7.15. The van der Waals surface area contributed by atoms with E-state index >= 15 is 0 Å². The molecule has 5 nitrogen and oxygen atoms in total. The monoisotopic (exact) mass is 288 g/mol. The van der Waals surface area contributed by atoms with Gasteiger partial charge in [0.2, 0.25) is 5.13 Å². The van der Waals surface area contributed by atoms with Crippen LogP contribution >= 0.6 is 11.3 Å². The predicted octanol–water partition coefficient (Wildman–Crippen LogP) is 2.70. The Labute approximate surface area is 121 Å². The number of nitrogens with zero attached hydrogens (tertiary/aromatic N) is 3. The lowest BCUT2D eigenvalue weighted by Crippen LogP contribution is -2.22. The summed E-state index contributed by atoms with van der Waals surface area (Å²) in [5.74, 6) is -0.122. The average Bonchev–Trinajstić information content (AvgIpc) is 3.10. The molecule has 0 bridgehead atoms. The fourth-order valence-corrected chi connectivity index (χ4v) is 3.00. The highest BCUT2D eigenvalue weighted by Crippen LogP contribution is 2.25. The van der Waals surface area contributed by atoms with Crippen molar-refractivity contribution >= 4 is 28.1 Å². The first-order valence-corrected chi connectivity index (χ1v) is 7.51. The van der Waals surface area contributed by atoms with Crippen LogP contribution < -0.4 is 10.2 Å². The van der Waals surface area contributed by atoms with E-state index in [0.717, 1.165) is 23.8 Å². The van der Waals surface area contributed by atoms with E-state index in [2.05, 4.69) is 20.4 Å². The van der Waals surface area contributed by atoms with Crippen molar-refractivity contribution in [2.24, 2.45) is 0 Å². The summed E-state index contributed by atoms with van der Waals surface area (Å²) in [6.07, 6.45) is 2.37. The van der Waals surface area contributed by atoms with E-state index in [1.165, 1.54) is 24.2 Å². The molecule has 3 rings (SSSR count). The van der Waals surface area contributed by atoms with Gasteiger partial charge in [0.25, 0.3) is 5.91 Å². The van der Waals surface area contributed by atoms with E-state index < -0.39 is 0 Å². The smallest absolute Gasteiger partial charge is 0.259 e. The fourth-order valence-electron chi connectivity index (χ4n) is 2.41.